The molecule has 1 heterocycles. The van der Waals surface area contributed by atoms with E-state index in [-0.39, 0.29) is 30.3 Å². The first-order valence-electron chi connectivity index (χ1n) is 10.2. The molecule has 0 fully saturated rings. The molecular formula is C24H28N4O2. The van der Waals surface area contributed by atoms with Crippen LogP contribution < -0.4 is 5.32 Å². The molecule has 0 bridgehead atoms. The summed E-state index contributed by atoms with van der Waals surface area (Å²) in [5, 5.41) is 2.90. The molecular weight excluding hydrogens is 376 g/mol. The smallest absolute Gasteiger partial charge is 0.246 e. The number of amides is 2. The number of benzene rings is 2. The van der Waals surface area contributed by atoms with Gasteiger partial charge < -0.3 is 4.90 Å². The number of hydrogen-bond acceptors (Lipinski definition) is 3. The number of rotatable bonds is 7. The summed E-state index contributed by atoms with van der Waals surface area (Å²) in [5.74, 6) is -0.0708. The van der Waals surface area contributed by atoms with Crippen LogP contribution in [-0.4, -0.2) is 38.9 Å². The van der Waals surface area contributed by atoms with Crippen LogP contribution in [0.25, 0.3) is 16.9 Å². The quantitative estimate of drug-likeness (QED) is 0.636. The van der Waals surface area contributed by atoms with Crippen molar-refractivity contribution >= 4 is 17.8 Å². The monoisotopic (exact) mass is 404 g/mol. The number of carbonyl (C=O) groups is 2. The molecule has 1 aromatic heterocycles. The Labute approximate surface area is 177 Å². The van der Waals surface area contributed by atoms with E-state index in [0.29, 0.717) is 5.95 Å². The molecule has 0 radical (unpaired) electrons. The number of anilines is 1. The Morgan fingerprint density at radius 3 is 2.13 bits per heavy atom. The Morgan fingerprint density at radius 1 is 0.967 bits per heavy atom. The van der Waals surface area contributed by atoms with Crippen molar-refractivity contribution in [3.63, 3.8) is 0 Å². The Hall–Kier alpha value is -3.41. The van der Waals surface area contributed by atoms with Crippen molar-refractivity contribution in [1.82, 2.24) is 14.5 Å². The standard InChI is InChI=1S/C24H28N4O2/c1-17(2)23(30)27(18(3)4)16-22(29)26-24-25-21(19-11-7-5-8-12-19)15-28(24)20-13-9-6-10-14-20/h5-15,17-18H,16H2,1-4H3,(H,25,26,29). The van der Waals surface area contributed by atoms with Gasteiger partial charge >= 0.3 is 0 Å². The lowest BCUT2D eigenvalue weighted by molar-refractivity contribution is -0.139. The summed E-state index contributed by atoms with van der Waals surface area (Å²) < 4.78 is 1.85. The van der Waals surface area contributed by atoms with Gasteiger partial charge in [-0.15, -0.1) is 0 Å². The Morgan fingerprint density at radius 2 is 1.57 bits per heavy atom. The third-order valence-corrected chi connectivity index (χ3v) is 4.78. The van der Waals surface area contributed by atoms with Crippen molar-refractivity contribution in [3.8, 4) is 16.9 Å². The highest BCUT2D eigenvalue weighted by Crippen LogP contribution is 2.24. The van der Waals surface area contributed by atoms with E-state index in [1.807, 2.05) is 99.1 Å². The molecule has 3 rings (SSSR count). The van der Waals surface area contributed by atoms with Crippen molar-refractivity contribution in [1.29, 1.82) is 0 Å². The number of para-hydroxylation sites is 1. The highest BCUT2D eigenvalue weighted by molar-refractivity contribution is 5.94. The number of aromatic nitrogens is 2. The molecule has 156 valence electrons. The summed E-state index contributed by atoms with van der Waals surface area (Å²) in [6, 6.07) is 19.5. The third-order valence-electron chi connectivity index (χ3n) is 4.78. The zero-order valence-corrected chi connectivity index (χ0v) is 17.9. The molecule has 0 spiro atoms. The van der Waals surface area contributed by atoms with E-state index < -0.39 is 0 Å². The first-order chi connectivity index (χ1) is 14.4. The van der Waals surface area contributed by atoms with Gasteiger partial charge in [0.15, 0.2) is 0 Å². The number of nitrogens with zero attached hydrogens (tertiary/aromatic N) is 3. The van der Waals surface area contributed by atoms with Crippen LogP contribution >= 0.6 is 0 Å². The van der Waals surface area contributed by atoms with Crippen LogP contribution in [0, 0.1) is 5.92 Å². The Balaban J connectivity index is 1.89. The summed E-state index contributed by atoms with van der Waals surface area (Å²) in [7, 11) is 0. The molecule has 0 saturated heterocycles. The van der Waals surface area contributed by atoms with E-state index in [9.17, 15) is 9.59 Å². The fourth-order valence-electron chi connectivity index (χ4n) is 3.17. The SMILES string of the molecule is CC(C)C(=O)N(CC(=O)Nc1nc(-c2ccccc2)cn1-c1ccccc1)C(C)C. The summed E-state index contributed by atoms with van der Waals surface area (Å²) in [4.78, 5) is 31.5. The van der Waals surface area contributed by atoms with Gasteiger partial charge in [-0.2, -0.15) is 0 Å². The van der Waals surface area contributed by atoms with Gasteiger partial charge in [-0.25, -0.2) is 4.98 Å². The van der Waals surface area contributed by atoms with E-state index in [1.54, 1.807) is 4.90 Å². The van der Waals surface area contributed by atoms with Crippen molar-refractivity contribution in [2.24, 2.45) is 5.92 Å². The van der Waals surface area contributed by atoms with E-state index >= 15 is 0 Å². The number of carbonyl (C=O) groups excluding carboxylic acids is 2. The summed E-state index contributed by atoms with van der Waals surface area (Å²) >= 11 is 0. The van der Waals surface area contributed by atoms with Gasteiger partial charge in [0.1, 0.15) is 6.54 Å². The first kappa shape index (κ1) is 21.3. The zero-order valence-electron chi connectivity index (χ0n) is 17.9. The second-order valence-electron chi connectivity index (χ2n) is 7.78. The number of hydrogen-bond donors (Lipinski definition) is 1. The first-order valence-corrected chi connectivity index (χ1v) is 10.2. The van der Waals surface area contributed by atoms with Gasteiger partial charge in [-0.3, -0.25) is 19.5 Å². The van der Waals surface area contributed by atoms with Gasteiger partial charge in [-0.1, -0.05) is 62.4 Å². The van der Waals surface area contributed by atoms with Gasteiger partial charge in [0.25, 0.3) is 0 Å². The topological polar surface area (TPSA) is 67.2 Å². The van der Waals surface area contributed by atoms with Crippen LogP contribution in [0.5, 0.6) is 0 Å². The van der Waals surface area contributed by atoms with Gasteiger partial charge in [-0.05, 0) is 26.0 Å². The molecule has 0 aliphatic heterocycles. The van der Waals surface area contributed by atoms with Crippen LogP contribution in [-0.2, 0) is 9.59 Å². The Kier molecular flexibility index (Phi) is 6.67. The Bertz CT molecular complexity index is 995. The molecule has 0 saturated carbocycles. The largest absolute Gasteiger partial charge is 0.331 e. The van der Waals surface area contributed by atoms with Crippen LogP contribution in [0.4, 0.5) is 5.95 Å². The predicted octanol–water partition coefficient (Wildman–Crippen LogP) is 4.37. The minimum atomic E-state index is -0.278. The molecule has 2 aromatic carbocycles. The normalized spacial score (nSPS) is 11.0. The van der Waals surface area contributed by atoms with Gasteiger partial charge in [0.05, 0.1) is 5.69 Å². The highest BCUT2D eigenvalue weighted by atomic mass is 16.2. The lowest BCUT2D eigenvalue weighted by atomic mass is 10.1. The number of imidazole rings is 1. The number of nitrogens with one attached hydrogen (secondary N) is 1. The second kappa shape index (κ2) is 9.39. The van der Waals surface area contributed by atoms with E-state index in [0.717, 1.165) is 16.9 Å². The van der Waals surface area contributed by atoms with Crippen molar-refractivity contribution in [2.75, 3.05) is 11.9 Å². The molecule has 30 heavy (non-hydrogen) atoms. The summed E-state index contributed by atoms with van der Waals surface area (Å²) in [6.45, 7) is 7.47. The van der Waals surface area contributed by atoms with E-state index in [1.165, 1.54) is 0 Å². The zero-order chi connectivity index (χ0) is 21.7. The van der Waals surface area contributed by atoms with Crippen molar-refractivity contribution < 1.29 is 9.59 Å². The fourth-order valence-corrected chi connectivity index (χ4v) is 3.17. The van der Waals surface area contributed by atoms with Crippen LogP contribution in [0.3, 0.4) is 0 Å². The molecule has 0 aliphatic rings. The minimum Gasteiger partial charge on any atom is -0.331 e. The molecule has 2 amide bonds. The van der Waals surface area contributed by atoms with Crippen molar-refractivity contribution in [3.05, 3.63) is 66.9 Å². The minimum absolute atomic E-state index is 0.0169. The third kappa shape index (κ3) is 4.95. The average molecular weight is 405 g/mol. The maximum absolute atomic E-state index is 12.8. The summed E-state index contributed by atoms with van der Waals surface area (Å²) in [5.41, 5.74) is 2.61. The lowest BCUT2D eigenvalue weighted by Gasteiger charge is -2.27. The molecule has 1 N–H and O–H groups in total. The molecule has 0 atom stereocenters. The van der Waals surface area contributed by atoms with Crippen LogP contribution in [0.1, 0.15) is 27.7 Å². The second-order valence-corrected chi connectivity index (χ2v) is 7.78. The molecule has 0 unspecified atom stereocenters. The lowest BCUT2D eigenvalue weighted by Crippen LogP contribution is -2.44. The van der Waals surface area contributed by atoms with Crippen molar-refractivity contribution in [2.45, 2.75) is 33.7 Å². The highest BCUT2D eigenvalue weighted by Gasteiger charge is 2.23. The van der Waals surface area contributed by atoms with Crippen LogP contribution in [0.15, 0.2) is 66.9 Å². The van der Waals surface area contributed by atoms with Crippen LogP contribution in [0.2, 0.25) is 0 Å². The molecule has 6 nitrogen and oxygen atoms in total. The van der Waals surface area contributed by atoms with Gasteiger partial charge in [0, 0.05) is 29.4 Å². The molecule has 3 aromatic rings. The molecule has 6 heteroatoms. The van der Waals surface area contributed by atoms with E-state index in [2.05, 4.69) is 10.3 Å². The predicted molar refractivity (Wildman–Crippen MR) is 119 cm³/mol. The average Bonchev–Trinajstić information content (AvgIpc) is 3.16. The molecule has 0 aliphatic carbocycles. The fraction of sp³-hybridized carbons (Fsp3) is 0.292. The maximum Gasteiger partial charge on any atom is 0.246 e. The van der Waals surface area contributed by atoms with E-state index in [4.69, 9.17) is 0 Å². The van der Waals surface area contributed by atoms with Gasteiger partial charge in [0.2, 0.25) is 17.8 Å². The summed E-state index contributed by atoms with van der Waals surface area (Å²) in [6.07, 6.45) is 1.90. The maximum atomic E-state index is 12.8.